The maximum atomic E-state index is 5.93. The molecule has 0 saturated carbocycles. The van der Waals surface area contributed by atoms with Crippen molar-refractivity contribution in [3.63, 3.8) is 0 Å². The maximum absolute atomic E-state index is 5.93. The highest BCUT2D eigenvalue weighted by Crippen LogP contribution is 2.21. The predicted molar refractivity (Wildman–Crippen MR) is 96.0 cm³/mol. The molecule has 2 aromatic rings. The molecule has 0 aliphatic heterocycles. The van der Waals surface area contributed by atoms with Crippen LogP contribution < -0.4 is 5.32 Å². The Labute approximate surface area is 145 Å². The van der Waals surface area contributed by atoms with Crippen LogP contribution in [0, 0.1) is 5.92 Å². The third kappa shape index (κ3) is 5.26. The third-order valence-corrected chi connectivity index (χ3v) is 5.10. The van der Waals surface area contributed by atoms with Crippen molar-refractivity contribution in [2.45, 2.75) is 44.9 Å². The number of thioether (sulfide) groups is 1. The molecule has 0 spiro atoms. The van der Waals surface area contributed by atoms with Crippen molar-refractivity contribution in [2.75, 3.05) is 12.8 Å². The van der Waals surface area contributed by atoms with Gasteiger partial charge in [-0.25, -0.2) is 0 Å². The molecule has 0 radical (unpaired) electrons. The quantitative estimate of drug-likeness (QED) is 0.541. The van der Waals surface area contributed by atoms with Crippen LogP contribution in [0.1, 0.15) is 31.0 Å². The number of aromatic nitrogens is 3. The minimum atomic E-state index is 0.599. The van der Waals surface area contributed by atoms with Crippen LogP contribution in [0.25, 0.3) is 0 Å². The molecular weight excluding hydrogens is 336 g/mol. The van der Waals surface area contributed by atoms with Crippen LogP contribution in [0.15, 0.2) is 17.3 Å². The van der Waals surface area contributed by atoms with Crippen molar-refractivity contribution in [1.82, 2.24) is 20.1 Å². The number of halogens is 1. The van der Waals surface area contributed by atoms with Crippen LogP contribution in [-0.2, 0) is 19.5 Å². The highest BCUT2D eigenvalue weighted by atomic mass is 35.5. The van der Waals surface area contributed by atoms with Gasteiger partial charge in [0.05, 0.1) is 4.34 Å². The van der Waals surface area contributed by atoms with Gasteiger partial charge in [-0.2, -0.15) is 0 Å². The fraction of sp³-hybridized carbons (Fsp3) is 0.600. The number of hydrogen-bond acceptors (Lipinski definition) is 5. The lowest BCUT2D eigenvalue weighted by atomic mass is 10.2. The molecule has 1 N–H and O–H groups in total. The van der Waals surface area contributed by atoms with E-state index in [9.17, 15) is 0 Å². The van der Waals surface area contributed by atoms with Crippen molar-refractivity contribution in [1.29, 1.82) is 0 Å². The van der Waals surface area contributed by atoms with Crippen LogP contribution in [0.4, 0.5) is 0 Å². The molecule has 22 heavy (non-hydrogen) atoms. The molecule has 2 rings (SSSR count). The summed E-state index contributed by atoms with van der Waals surface area (Å²) in [6.07, 6.45) is 4.07. The first-order valence-corrected chi connectivity index (χ1v) is 9.93. The maximum Gasteiger partial charge on any atom is 0.190 e. The summed E-state index contributed by atoms with van der Waals surface area (Å²) in [6.45, 7) is 7.29. The van der Waals surface area contributed by atoms with Gasteiger partial charge in [-0.1, -0.05) is 37.2 Å². The first-order chi connectivity index (χ1) is 10.6. The molecule has 7 heteroatoms. The van der Waals surface area contributed by atoms with Crippen LogP contribution >= 0.6 is 34.7 Å². The fourth-order valence-corrected chi connectivity index (χ4v) is 3.81. The zero-order chi connectivity index (χ0) is 15.9. The SMILES string of the molecule is CSc1nnc(CCCNCc2ccc(Cl)s2)n1CC(C)C. The molecule has 0 aliphatic rings. The third-order valence-electron chi connectivity index (χ3n) is 3.21. The van der Waals surface area contributed by atoms with Crippen molar-refractivity contribution in [2.24, 2.45) is 5.92 Å². The van der Waals surface area contributed by atoms with E-state index in [4.69, 9.17) is 11.6 Å². The summed E-state index contributed by atoms with van der Waals surface area (Å²) in [5, 5.41) is 13.1. The second-order valence-electron chi connectivity index (χ2n) is 5.59. The molecule has 0 aromatic carbocycles. The Morgan fingerprint density at radius 3 is 2.82 bits per heavy atom. The van der Waals surface area contributed by atoms with E-state index in [0.29, 0.717) is 5.92 Å². The Balaban J connectivity index is 1.77. The molecule has 0 saturated heterocycles. The summed E-state index contributed by atoms with van der Waals surface area (Å²) in [5.41, 5.74) is 0. The average molecular weight is 359 g/mol. The molecule has 0 fully saturated rings. The summed E-state index contributed by atoms with van der Waals surface area (Å²) >= 11 is 9.22. The number of rotatable bonds is 9. The van der Waals surface area contributed by atoms with Crippen LogP contribution in [0.3, 0.4) is 0 Å². The minimum Gasteiger partial charge on any atom is -0.312 e. The van der Waals surface area contributed by atoms with Gasteiger partial charge in [-0.05, 0) is 37.3 Å². The van der Waals surface area contributed by atoms with Crippen molar-refractivity contribution in [3.05, 3.63) is 27.2 Å². The van der Waals surface area contributed by atoms with E-state index >= 15 is 0 Å². The topological polar surface area (TPSA) is 42.7 Å². The van der Waals surface area contributed by atoms with Crippen molar-refractivity contribution in [3.8, 4) is 0 Å². The molecule has 2 aromatic heterocycles. The largest absolute Gasteiger partial charge is 0.312 e. The van der Waals surface area contributed by atoms with Gasteiger partial charge in [-0.3, -0.25) is 0 Å². The standard InChI is InChI=1S/C15H23ClN4S2/c1-11(2)10-20-14(18-19-15(20)21-3)5-4-8-17-9-12-6-7-13(16)22-12/h6-7,11,17H,4-5,8-10H2,1-3H3. The van der Waals surface area contributed by atoms with E-state index in [1.807, 2.05) is 6.07 Å². The fourth-order valence-electron chi connectivity index (χ4n) is 2.23. The Kier molecular flexibility index (Phi) is 7.21. The van der Waals surface area contributed by atoms with Gasteiger partial charge >= 0.3 is 0 Å². The highest BCUT2D eigenvalue weighted by Gasteiger charge is 2.12. The second-order valence-corrected chi connectivity index (χ2v) is 8.17. The summed E-state index contributed by atoms with van der Waals surface area (Å²) in [7, 11) is 0. The van der Waals surface area contributed by atoms with Gasteiger partial charge in [-0.15, -0.1) is 21.5 Å². The molecule has 0 aliphatic carbocycles. The van der Waals surface area contributed by atoms with E-state index in [2.05, 4.69) is 46.3 Å². The monoisotopic (exact) mass is 358 g/mol. The van der Waals surface area contributed by atoms with E-state index in [0.717, 1.165) is 47.8 Å². The van der Waals surface area contributed by atoms with Gasteiger partial charge in [0.2, 0.25) is 0 Å². The molecule has 0 unspecified atom stereocenters. The summed E-state index contributed by atoms with van der Waals surface area (Å²) in [4.78, 5) is 1.28. The summed E-state index contributed by atoms with van der Waals surface area (Å²) in [5.74, 6) is 1.70. The molecule has 4 nitrogen and oxygen atoms in total. The Morgan fingerprint density at radius 1 is 1.36 bits per heavy atom. The molecular formula is C15H23ClN4S2. The summed E-state index contributed by atoms with van der Waals surface area (Å²) < 4.78 is 3.11. The van der Waals surface area contributed by atoms with Gasteiger partial charge in [0, 0.05) is 24.4 Å². The predicted octanol–water partition coefficient (Wildman–Crippen LogP) is 4.09. The zero-order valence-corrected chi connectivity index (χ0v) is 15.7. The lowest BCUT2D eigenvalue weighted by Crippen LogP contribution is -2.16. The Bertz CT molecular complexity index is 580. The van der Waals surface area contributed by atoms with E-state index < -0.39 is 0 Å². The number of nitrogens with zero attached hydrogens (tertiary/aromatic N) is 3. The van der Waals surface area contributed by atoms with Crippen molar-refractivity contribution < 1.29 is 0 Å². The van der Waals surface area contributed by atoms with Crippen molar-refractivity contribution >= 4 is 34.7 Å². The molecule has 0 atom stereocenters. The smallest absolute Gasteiger partial charge is 0.190 e. The second kappa shape index (κ2) is 8.91. The zero-order valence-electron chi connectivity index (χ0n) is 13.3. The van der Waals surface area contributed by atoms with Crippen LogP contribution in [0.2, 0.25) is 4.34 Å². The first-order valence-electron chi connectivity index (χ1n) is 7.51. The number of hydrogen-bond donors (Lipinski definition) is 1. The Hall–Kier alpha value is -0.560. The normalized spacial score (nSPS) is 11.5. The van der Waals surface area contributed by atoms with E-state index in [1.54, 1.807) is 23.1 Å². The average Bonchev–Trinajstić information content (AvgIpc) is 3.05. The lowest BCUT2D eigenvalue weighted by molar-refractivity contribution is 0.476. The van der Waals surface area contributed by atoms with Gasteiger partial charge in [0.25, 0.3) is 0 Å². The number of nitrogens with one attached hydrogen (secondary N) is 1. The lowest BCUT2D eigenvalue weighted by Gasteiger charge is -2.11. The molecule has 0 amide bonds. The van der Waals surface area contributed by atoms with Gasteiger partial charge < -0.3 is 9.88 Å². The molecule has 122 valence electrons. The summed E-state index contributed by atoms with van der Waals surface area (Å²) in [6, 6.07) is 4.02. The van der Waals surface area contributed by atoms with Crippen LogP contribution in [0.5, 0.6) is 0 Å². The molecule has 0 bridgehead atoms. The van der Waals surface area contributed by atoms with E-state index in [1.165, 1.54) is 4.88 Å². The highest BCUT2D eigenvalue weighted by molar-refractivity contribution is 7.98. The van der Waals surface area contributed by atoms with Gasteiger partial charge in [0.15, 0.2) is 5.16 Å². The molecule has 2 heterocycles. The van der Waals surface area contributed by atoms with Gasteiger partial charge in [0.1, 0.15) is 5.82 Å². The Morgan fingerprint density at radius 2 is 2.18 bits per heavy atom. The van der Waals surface area contributed by atoms with Crippen LogP contribution in [-0.4, -0.2) is 27.6 Å². The van der Waals surface area contributed by atoms with E-state index in [-0.39, 0.29) is 0 Å². The first kappa shape index (κ1) is 17.8. The minimum absolute atomic E-state index is 0.599. The number of thiophene rings is 1. The number of aryl methyl sites for hydroxylation is 1.